The molecule has 3 heteroatoms. The largest absolute Gasteiger partial charge is 0.305 e. The van der Waals surface area contributed by atoms with Gasteiger partial charge in [0.1, 0.15) is 0 Å². The lowest BCUT2D eigenvalue weighted by Gasteiger charge is -2.13. The second kappa shape index (κ2) is 5.80. The number of rotatable bonds is 4. The minimum atomic E-state index is 0.370. The highest BCUT2D eigenvalue weighted by Crippen LogP contribution is 2.20. The molecule has 0 fully saturated rings. The summed E-state index contributed by atoms with van der Waals surface area (Å²) in [5.41, 5.74) is 1.31. The van der Waals surface area contributed by atoms with Crippen LogP contribution in [0.15, 0.2) is 40.9 Å². The standard InChI is InChI=1S/C14H16BrNS/c1-10-6-7-14(17-10)9-16-11(2)12-4-3-5-13(15)8-12/h3-8,11,16H,9H2,1-2H3/t11-/m1/s1. The molecular formula is C14H16BrNS. The van der Waals surface area contributed by atoms with Crippen LogP contribution in [0.1, 0.15) is 28.3 Å². The first-order chi connectivity index (χ1) is 8.15. The molecule has 0 saturated carbocycles. The monoisotopic (exact) mass is 309 g/mol. The lowest BCUT2D eigenvalue weighted by atomic mass is 10.1. The predicted octanol–water partition coefficient (Wildman–Crippen LogP) is 4.67. The van der Waals surface area contributed by atoms with Crippen LogP contribution in [0.5, 0.6) is 0 Å². The van der Waals surface area contributed by atoms with Gasteiger partial charge in [0.25, 0.3) is 0 Å². The number of benzene rings is 1. The van der Waals surface area contributed by atoms with Crippen molar-refractivity contribution >= 4 is 27.3 Å². The fraction of sp³-hybridized carbons (Fsp3) is 0.286. The fourth-order valence-corrected chi connectivity index (χ4v) is 2.99. The van der Waals surface area contributed by atoms with Crippen LogP contribution in [-0.2, 0) is 6.54 Å². The van der Waals surface area contributed by atoms with Crippen molar-refractivity contribution < 1.29 is 0 Å². The molecule has 1 aromatic carbocycles. The fourth-order valence-electron chi connectivity index (χ4n) is 1.73. The molecule has 0 aliphatic carbocycles. The highest BCUT2D eigenvalue weighted by Gasteiger charge is 2.05. The summed E-state index contributed by atoms with van der Waals surface area (Å²) in [7, 11) is 0. The number of aryl methyl sites for hydroxylation is 1. The quantitative estimate of drug-likeness (QED) is 0.865. The zero-order valence-corrected chi connectivity index (χ0v) is 12.4. The van der Waals surface area contributed by atoms with E-state index in [-0.39, 0.29) is 0 Å². The molecule has 0 aliphatic heterocycles. The third-order valence-corrected chi connectivity index (χ3v) is 4.22. The predicted molar refractivity (Wildman–Crippen MR) is 78.5 cm³/mol. The number of halogens is 1. The zero-order chi connectivity index (χ0) is 12.3. The molecule has 90 valence electrons. The number of hydrogen-bond donors (Lipinski definition) is 1. The van der Waals surface area contributed by atoms with Gasteiger partial charge in [0, 0.05) is 26.8 Å². The maximum Gasteiger partial charge on any atom is 0.0305 e. The minimum Gasteiger partial charge on any atom is -0.305 e. The van der Waals surface area contributed by atoms with Gasteiger partial charge in [-0.3, -0.25) is 0 Å². The summed E-state index contributed by atoms with van der Waals surface area (Å²) in [5, 5.41) is 3.55. The van der Waals surface area contributed by atoms with Gasteiger partial charge in [0.05, 0.1) is 0 Å². The summed E-state index contributed by atoms with van der Waals surface area (Å²) in [6.45, 7) is 5.28. The third kappa shape index (κ3) is 3.66. The van der Waals surface area contributed by atoms with Crippen molar-refractivity contribution in [3.63, 3.8) is 0 Å². The molecule has 1 N–H and O–H groups in total. The van der Waals surface area contributed by atoms with Crippen molar-refractivity contribution in [2.75, 3.05) is 0 Å². The van der Waals surface area contributed by atoms with Crippen LogP contribution in [0.3, 0.4) is 0 Å². The number of thiophene rings is 1. The van der Waals surface area contributed by atoms with Gasteiger partial charge in [-0.1, -0.05) is 28.1 Å². The van der Waals surface area contributed by atoms with Crippen LogP contribution in [0.4, 0.5) is 0 Å². The van der Waals surface area contributed by atoms with Gasteiger partial charge < -0.3 is 5.32 Å². The molecule has 1 nitrogen and oxygen atoms in total. The van der Waals surface area contributed by atoms with Gasteiger partial charge in [0.2, 0.25) is 0 Å². The smallest absolute Gasteiger partial charge is 0.0305 e. The van der Waals surface area contributed by atoms with E-state index in [1.54, 1.807) is 0 Å². The van der Waals surface area contributed by atoms with E-state index in [9.17, 15) is 0 Å². The van der Waals surface area contributed by atoms with Crippen LogP contribution >= 0.6 is 27.3 Å². The van der Waals surface area contributed by atoms with E-state index >= 15 is 0 Å². The Morgan fingerprint density at radius 3 is 2.76 bits per heavy atom. The van der Waals surface area contributed by atoms with Crippen LogP contribution in [0.25, 0.3) is 0 Å². The second-order valence-electron chi connectivity index (χ2n) is 4.17. The summed E-state index contributed by atoms with van der Waals surface area (Å²) in [6.07, 6.45) is 0. The van der Waals surface area contributed by atoms with Crippen LogP contribution in [0, 0.1) is 6.92 Å². The average molecular weight is 310 g/mol. The Morgan fingerprint density at radius 1 is 1.29 bits per heavy atom. The second-order valence-corrected chi connectivity index (χ2v) is 6.46. The Morgan fingerprint density at radius 2 is 2.12 bits per heavy atom. The summed E-state index contributed by atoms with van der Waals surface area (Å²) in [4.78, 5) is 2.77. The van der Waals surface area contributed by atoms with Crippen LogP contribution < -0.4 is 5.32 Å². The summed E-state index contributed by atoms with van der Waals surface area (Å²) >= 11 is 5.36. The van der Waals surface area contributed by atoms with Gasteiger partial charge in [-0.05, 0) is 43.7 Å². The molecule has 2 aromatic rings. The van der Waals surface area contributed by atoms with Crippen LogP contribution in [0.2, 0.25) is 0 Å². The van der Waals surface area contributed by atoms with E-state index in [4.69, 9.17) is 0 Å². The van der Waals surface area contributed by atoms with Crippen molar-refractivity contribution in [2.24, 2.45) is 0 Å². The number of hydrogen-bond acceptors (Lipinski definition) is 2. The normalized spacial score (nSPS) is 12.6. The van der Waals surface area contributed by atoms with Crippen molar-refractivity contribution in [3.8, 4) is 0 Å². The molecule has 0 unspecified atom stereocenters. The lowest BCUT2D eigenvalue weighted by Crippen LogP contribution is -2.17. The summed E-state index contributed by atoms with van der Waals surface area (Å²) < 4.78 is 1.13. The van der Waals surface area contributed by atoms with Gasteiger partial charge in [-0.15, -0.1) is 11.3 Å². The van der Waals surface area contributed by atoms with Gasteiger partial charge in [-0.2, -0.15) is 0 Å². The third-order valence-electron chi connectivity index (χ3n) is 2.73. The van der Waals surface area contributed by atoms with E-state index in [0.29, 0.717) is 6.04 Å². The highest BCUT2D eigenvalue weighted by atomic mass is 79.9. The molecule has 0 spiro atoms. The van der Waals surface area contributed by atoms with Crippen molar-refractivity contribution in [2.45, 2.75) is 26.4 Å². The van der Waals surface area contributed by atoms with Crippen molar-refractivity contribution in [1.82, 2.24) is 5.32 Å². The first-order valence-electron chi connectivity index (χ1n) is 5.69. The molecule has 0 radical (unpaired) electrons. The lowest BCUT2D eigenvalue weighted by molar-refractivity contribution is 0.578. The first-order valence-corrected chi connectivity index (χ1v) is 7.30. The van der Waals surface area contributed by atoms with E-state index < -0.39 is 0 Å². The van der Waals surface area contributed by atoms with E-state index in [1.807, 2.05) is 11.3 Å². The molecule has 0 aliphatic rings. The van der Waals surface area contributed by atoms with Gasteiger partial charge in [0.15, 0.2) is 0 Å². The molecule has 1 atom stereocenters. The van der Waals surface area contributed by atoms with Gasteiger partial charge in [-0.25, -0.2) is 0 Å². The van der Waals surface area contributed by atoms with E-state index in [2.05, 4.69) is 71.5 Å². The molecule has 1 aromatic heterocycles. The van der Waals surface area contributed by atoms with Crippen LogP contribution in [-0.4, -0.2) is 0 Å². The molecule has 0 bridgehead atoms. The summed E-state index contributed by atoms with van der Waals surface area (Å²) in [6, 6.07) is 13.2. The van der Waals surface area contributed by atoms with Crippen molar-refractivity contribution in [1.29, 1.82) is 0 Å². The van der Waals surface area contributed by atoms with Gasteiger partial charge >= 0.3 is 0 Å². The van der Waals surface area contributed by atoms with E-state index in [1.165, 1.54) is 15.3 Å². The Balaban J connectivity index is 1.95. The summed E-state index contributed by atoms with van der Waals surface area (Å²) in [5.74, 6) is 0. The first kappa shape index (κ1) is 12.8. The molecule has 17 heavy (non-hydrogen) atoms. The zero-order valence-electron chi connectivity index (χ0n) is 10.0. The molecule has 0 amide bonds. The molecule has 1 heterocycles. The molecule has 0 saturated heterocycles. The average Bonchev–Trinajstić information content (AvgIpc) is 2.72. The number of nitrogens with one attached hydrogen (secondary N) is 1. The Kier molecular flexibility index (Phi) is 4.37. The Bertz CT molecular complexity index is 492. The maximum absolute atomic E-state index is 3.55. The Labute approximate surface area is 115 Å². The minimum absolute atomic E-state index is 0.370. The van der Waals surface area contributed by atoms with E-state index in [0.717, 1.165) is 11.0 Å². The molecular weight excluding hydrogens is 294 g/mol. The maximum atomic E-state index is 3.55. The SMILES string of the molecule is Cc1ccc(CN[C@H](C)c2cccc(Br)c2)s1. The topological polar surface area (TPSA) is 12.0 Å². The highest BCUT2D eigenvalue weighted by molar-refractivity contribution is 9.10. The van der Waals surface area contributed by atoms with Crippen molar-refractivity contribution in [3.05, 3.63) is 56.2 Å². The molecule has 2 rings (SSSR count). The Hall–Kier alpha value is -0.640.